The lowest BCUT2D eigenvalue weighted by Gasteiger charge is -2.37. The largest absolute Gasteiger partial charge is 0.258 e. The fourth-order valence-corrected chi connectivity index (χ4v) is 8.38. The summed E-state index contributed by atoms with van der Waals surface area (Å²) in [5.74, 6) is 1.87. The molecule has 2 aromatic carbocycles. The second kappa shape index (κ2) is 27.3. The van der Waals surface area contributed by atoms with E-state index in [9.17, 15) is 0 Å². The number of unbranched alkanes of at least 4 members (excludes halogenated alkanes) is 23. The first-order valence-corrected chi connectivity index (χ1v) is 21.8. The average molecular weight is 684 g/mol. The maximum Gasteiger partial charge on any atom is 0.258 e. The number of aryl methyl sites for hydroxylation is 1. The van der Waals surface area contributed by atoms with Crippen LogP contribution in [0.1, 0.15) is 211 Å². The summed E-state index contributed by atoms with van der Waals surface area (Å²) in [4.78, 5) is 3.82. The van der Waals surface area contributed by atoms with E-state index in [4.69, 9.17) is 0 Å². The normalized spacial score (nSPS) is 13.4. The van der Waals surface area contributed by atoms with E-state index in [1.165, 1.54) is 184 Å². The summed E-state index contributed by atoms with van der Waals surface area (Å²) in [7, 11) is 0. The number of aromatic nitrogens is 2. The summed E-state index contributed by atoms with van der Waals surface area (Å²) in [5, 5.41) is 0. The fourth-order valence-electron chi connectivity index (χ4n) is 8.38. The Morgan fingerprint density at radius 3 is 1.42 bits per heavy atom. The van der Waals surface area contributed by atoms with E-state index in [2.05, 4.69) is 103 Å². The third kappa shape index (κ3) is 16.8. The van der Waals surface area contributed by atoms with Crippen LogP contribution >= 0.6 is 0 Å². The van der Waals surface area contributed by atoms with E-state index < -0.39 is 0 Å². The molecule has 0 radical (unpaired) electrons. The zero-order chi connectivity index (χ0) is 35.4. The lowest BCUT2D eigenvalue weighted by Crippen LogP contribution is -2.43. The minimum absolute atomic E-state index is 0.00319. The van der Waals surface area contributed by atoms with Gasteiger partial charge in [0.2, 0.25) is 0 Å². The number of hydrogen-bond acceptors (Lipinski definition) is 0. The molecule has 0 aliphatic heterocycles. The first-order valence-electron chi connectivity index (χ1n) is 21.8. The van der Waals surface area contributed by atoms with Crippen molar-refractivity contribution >= 4 is 0 Å². The second-order valence-corrected chi connectivity index (χ2v) is 16.0. The predicted molar refractivity (Wildman–Crippen MR) is 219 cm³/mol. The molecule has 50 heavy (non-hydrogen) atoms. The van der Waals surface area contributed by atoms with Crippen molar-refractivity contribution in [2.75, 3.05) is 0 Å². The standard InChI is InChI=1S/C48H78N2/c1-4-6-8-10-12-14-16-17-18-20-22-24-26-34-41-50-42-40-49-47(50)46(39-33-25-23-21-19-15-13-11-9-7-5-2)48(3,45-37-31-28-32-38-45)43-44-35-29-27-30-36-44/h27-32,35-38,40,42,46H,4-26,33-34,39,41,43H2,1-3H3/p+1. The van der Waals surface area contributed by atoms with E-state index in [0.717, 1.165) is 13.0 Å². The van der Waals surface area contributed by atoms with Crippen LogP contribution in [-0.4, -0.2) is 4.98 Å². The average Bonchev–Trinajstić information content (AvgIpc) is 3.60. The smallest absolute Gasteiger partial charge is 0.247 e. The number of H-pyrrole nitrogens is 1. The topological polar surface area (TPSA) is 19.7 Å². The van der Waals surface area contributed by atoms with Crippen molar-refractivity contribution in [3.8, 4) is 0 Å². The number of aromatic amines is 1. The highest BCUT2D eigenvalue weighted by atomic mass is 15.1. The monoisotopic (exact) mass is 684 g/mol. The lowest BCUT2D eigenvalue weighted by atomic mass is 9.66. The Labute approximate surface area is 310 Å². The first-order chi connectivity index (χ1) is 24.7. The number of rotatable bonds is 32. The van der Waals surface area contributed by atoms with Crippen LogP contribution in [0.3, 0.4) is 0 Å². The number of hydrogen-bond donors (Lipinski definition) is 1. The van der Waals surface area contributed by atoms with Gasteiger partial charge in [0, 0.05) is 5.41 Å². The highest BCUT2D eigenvalue weighted by molar-refractivity contribution is 5.32. The quantitative estimate of drug-likeness (QED) is 0.0499. The summed E-state index contributed by atoms with van der Waals surface area (Å²) in [6.07, 6.45) is 41.9. The Hall–Kier alpha value is -2.35. The number of imidazole rings is 1. The molecule has 0 amide bonds. The molecule has 280 valence electrons. The van der Waals surface area contributed by atoms with Crippen LogP contribution in [0.15, 0.2) is 73.1 Å². The zero-order valence-electron chi connectivity index (χ0n) is 33.3. The van der Waals surface area contributed by atoms with Crippen molar-refractivity contribution < 1.29 is 4.57 Å². The van der Waals surface area contributed by atoms with Crippen LogP contribution in [0.2, 0.25) is 0 Å². The number of nitrogens with one attached hydrogen (secondary N) is 1. The van der Waals surface area contributed by atoms with Gasteiger partial charge in [0.1, 0.15) is 12.4 Å². The maximum atomic E-state index is 3.82. The van der Waals surface area contributed by atoms with Crippen molar-refractivity contribution in [2.24, 2.45) is 0 Å². The molecule has 0 aliphatic carbocycles. The molecular formula is C48H79N2+. The van der Waals surface area contributed by atoms with Crippen LogP contribution in [0.25, 0.3) is 0 Å². The minimum atomic E-state index is 0.00319. The molecule has 1 N–H and O–H groups in total. The highest BCUT2D eigenvalue weighted by Crippen LogP contribution is 2.43. The van der Waals surface area contributed by atoms with Gasteiger partial charge < -0.3 is 0 Å². The van der Waals surface area contributed by atoms with Gasteiger partial charge in [0.25, 0.3) is 5.82 Å². The van der Waals surface area contributed by atoms with Crippen molar-refractivity contribution in [1.29, 1.82) is 0 Å². The molecule has 1 heterocycles. The molecule has 0 bridgehead atoms. The van der Waals surface area contributed by atoms with E-state index >= 15 is 0 Å². The van der Waals surface area contributed by atoms with Gasteiger partial charge in [-0.15, -0.1) is 0 Å². The Morgan fingerprint density at radius 2 is 0.940 bits per heavy atom. The highest BCUT2D eigenvalue weighted by Gasteiger charge is 2.41. The minimum Gasteiger partial charge on any atom is -0.247 e. The molecule has 0 spiro atoms. The molecule has 2 nitrogen and oxygen atoms in total. The molecule has 0 saturated heterocycles. The van der Waals surface area contributed by atoms with Gasteiger partial charge >= 0.3 is 0 Å². The zero-order valence-corrected chi connectivity index (χ0v) is 33.3. The Kier molecular flexibility index (Phi) is 23.0. The predicted octanol–water partition coefficient (Wildman–Crippen LogP) is 14.8. The summed E-state index contributed by atoms with van der Waals surface area (Å²) in [6.45, 7) is 8.30. The van der Waals surface area contributed by atoms with Crippen LogP contribution in [0.4, 0.5) is 0 Å². The van der Waals surface area contributed by atoms with E-state index in [1.807, 2.05) is 0 Å². The van der Waals surface area contributed by atoms with Crippen molar-refractivity contribution in [3.63, 3.8) is 0 Å². The van der Waals surface area contributed by atoms with Gasteiger partial charge in [-0.2, -0.15) is 0 Å². The summed E-state index contributed by atoms with van der Waals surface area (Å²) >= 11 is 0. The Balaban J connectivity index is 1.55. The lowest BCUT2D eigenvalue weighted by molar-refractivity contribution is -0.705. The maximum absolute atomic E-state index is 3.82. The SMILES string of the molecule is CCCCCCCCCCCCCCCC[n+]1cc[nH]c1C(CCCCCCCCCCCCC)C(C)(Cc1ccccc1)c1ccccc1. The summed E-state index contributed by atoms with van der Waals surface area (Å²) in [6, 6.07) is 22.7. The molecule has 0 aliphatic rings. The molecule has 2 atom stereocenters. The van der Waals surface area contributed by atoms with Gasteiger partial charge in [0.05, 0.1) is 12.5 Å². The number of benzene rings is 2. The third-order valence-electron chi connectivity index (χ3n) is 11.6. The van der Waals surface area contributed by atoms with Crippen LogP contribution in [0, 0.1) is 0 Å². The van der Waals surface area contributed by atoms with Gasteiger partial charge in [-0.3, -0.25) is 0 Å². The number of nitrogens with zero attached hydrogens (tertiary/aromatic N) is 1. The summed E-state index contributed by atoms with van der Waals surface area (Å²) < 4.78 is 2.59. The van der Waals surface area contributed by atoms with E-state index in [1.54, 1.807) is 0 Å². The van der Waals surface area contributed by atoms with E-state index in [-0.39, 0.29) is 5.41 Å². The molecule has 0 fully saturated rings. The molecule has 2 heteroatoms. The Bertz CT molecular complexity index is 1170. The van der Waals surface area contributed by atoms with Crippen molar-refractivity contribution in [2.45, 2.75) is 212 Å². The van der Waals surface area contributed by atoms with Gasteiger partial charge in [-0.25, -0.2) is 9.55 Å². The molecule has 0 saturated carbocycles. The third-order valence-corrected chi connectivity index (χ3v) is 11.6. The van der Waals surface area contributed by atoms with Crippen LogP contribution in [-0.2, 0) is 18.4 Å². The molecular weight excluding hydrogens is 605 g/mol. The molecule has 2 unspecified atom stereocenters. The van der Waals surface area contributed by atoms with Crippen LogP contribution < -0.4 is 4.57 Å². The summed E-state index contributed by atoms with van der Waals surface area (Å²) in [5.41, 5.74) is 2.91. The fraction of sp³-hybridized carbons (Fsp3) is 0.688. The van der Waals surface area contributed by atoms with Crippen LogP contribution in [0.5, 0.6) is 0 Å². The van der Waals surface area contributed by atoms with Crippen molar-refractivity contribution in [1.82, 2.24) is 4.98 Å². The Morgan fingerprint density at radius 1 is 0.520 bits per heavy atom. The molecule has 3 aromatic rings. The van der Waals surface area contributed by atoms with Gasteiger partial charge in [-0.05, 0) is 36.8 Å². The van der Waals surface area contributed by atoms with E-state index in [0.29, 0.717) is 5.92 Å². The van der Waals surface area contributed by atoms with Gasteiger partial charge in [-0.1, -0.05) is 229 Å². The molecule has 1 aromatic heterocycles. The molecule has 3 rings (SSSR count). The second-order valence-electron chi connectivity index (χ2n) is 16.0. The van der Waals surface area contributed by atoms with Crippen molar-refractivity contribution in [3.05, 3.63) is 90.0 Å². The van der Waals surface area contributed by atoms with Gasteiger partial charge in [0.15, 0.2) is 0 Å². The first kappa shape index (κ1) is 42.1.